The highest BCUT2D eigenvalue weighted by atomic mass is 16.6. The SMILES string of the molecule is COC(=O)[C@@H]1C[C@]2(C(=O)O)C=C[C@H]1OC2=O. The van der Waals surface area contributed by atoms with Crippen LogP contribution in [0.15, 0.2) is 12.2 Å². The van der Waals surface area contributed by atoms with Crippen molar-refractivity contribution in [3.63, 3.8) is 0 Å². The van der Waals surface area contributed by atoms with Crippen molar-refractivity contribution in [3.8, 4) is 0 Å². The molecule has 1 N–H and O–H groups in total. The zero-order valence-corrected chi connectivity index (χ0v) is 8.50. The zero-order chi connectivity index (χ0) is 11.9. The maximum atomic E-state index is 11.5. The second-order valence-corrected chi connectivity index (χ2v) is 3.84. The third-order valence-corrected chi connectivity index (χ3v) is 3.00. The number of ether oxygens (including phenoxy) is 2. The quantitative estimate of drug-likeness (QED) is 0.396. The number of esters is 2. The lowest BCUT2D eigenvalue weighted by Crippen LogP contribution is -2.54. The Kier molecular flexibility index (Phi) is 2.22. The molecule has 16 heavy (non-hydrogen) atoms. The number of methoxy groups -OCH3 is 1. The normalized spacial score (nSPS) is 35.7. The van der Waals surface area contributed by atoms with Gasteiger partial charge >= 0.3 is 17.9 Å². The number of aliphatic carboxylic acids is 1. The van der Waals surface area contributed by atoms with Crippen LogP contribution in [0.1, 0.15) is 6.42 Å². The molecule has 3 aliphatic rings. The van der Waals surface area contributed by atoms with E-state index >= 15 is 0 Å². The molecule has 3 atom stereocenters. The smallest absolute Gasteiger partial charge is 0.328 e. The summed E-state index contributed by atoms with van der Waals surface area (Å²) in [6, 6.07) is 0. The van der Waals surface area contributed by atoms with E-state index in [-0.39, 0.29) is 6.42 Å². The summed E-state index contributed by atoms with van der Waals surface area (Å²) in [6.45, 7) is 0. The number of carboxylic acid groups (broad SMARTS) is 1. The number of fused-ring (bicyclic) bond motifs is 2. The molecule has 0 radical (unpaired) electrons. The van der Waals surface area contributed by atoms with Crippen LogP contribution in [0.3, 0.4) is 0 Å². The van der Waals surface area contributed by atoms with Gasteiger partial charge in [0, 0.05) is 0 Å². The lowest BCUT2D eigenvalue weighted by Gasteiger charge is -2.40. The van der Waals surface area contributed by atoms with Gasteiger partial charge in [-0.2, -0.15) is 0 Å². The predicted octanol–water partition coefficient (Wildman–Crippen LogP) is -0.268. The van der Waals surface area contributed by atoms with Crippen molar-refractivity contribution in [1.29, 1.82) is 0 Å². The van der Waals surface area contributed by atoms with Crippen molar-refractivity contribution in [2.45, 2.75) is 12.5 Å². The molecule has 2 aliphatic heterocycles. The van der Waals surface area contributed by atoms with Crippen molar-refractivity contribution in [1.82, 2.24) is 0 Å². The second-order valence-electron chi connectivity index (χ2n) is 3.84. The fourth-order valence-electron chi connectivity index (χ4n) is 2.04. The van der Waals surface area contributed by atoms with Gasteiger partial charge in [0.2, 0.25) is 0 Å². The third-order valence-electron chi connectivity index (χ3n) is 3.00. The molecule has 6 heteroatoms. The van der Waals surface area contributed by atoms with Crippen molar-refractivity contribution >= 4 is 17.9 Å². The van der Waals surface area contributed by atoms with Crippen LogP contribution in [0.4, 0.5) is 0 Å². The van der Waals surface area contributed by atoms with Crippen molar-refractivity contribution in [3.05, 3.63) is 12.2 Å². The molecule has 0 aromatic heterocycles. The van der Waals surface area contributed by atoms with Gasteiger partial charge in [-0.3, -0.25) is 14.4 Å². The summed E-state index contributed by atoms with van der Waals surface area (Å²) >= 11 is 0. The number of hydrogen-bond donors (Lipinski definition) is 1. The second kappa shape index (κ2) is 3.33. The summed E-state index contributed by atoms with van der Waals surface area (Å²) in [7, 11) is 1.21. The van der Waals surface area contributed by atoms with E-state index in [1.54, 1.807) is 0 Å². The van der Waals surface area contributed by atoms with Gasteiger partial charge in [-0.15, -0.1) is 0 Å². The molecule has 1 aliphatic carbocycles. The third kappa shape index (κ3) is 1.22. The molecule has 6 nitrogen and oxygen atoms in total. The van der Waals surface area contributed by atoms with Crippen LogP contribution in [0.5, 0.6) is 0 Å². The van der Waals surface area contributed by atoms with E-state index in [0.29, 0.717) is 0 Å². The molecule has 2 bridgehead atoms. The van der Waals surface area contributed by atoms with E-state index in [1.807, 2.05) is 0 Å². The Morgan fingerprint density at radius 2 is 2.31 bits per heavy atom. The fourth-order valence-corrected chi connectivity index (χ4v) is 2.04. The Morgan fingerprint density at radius 1 is 1.62 bits per heavy atom. The van der Waals surface area contributed by atoms with Crippen LogP contribution in [-0.2, 0) is 23.9 Å². The van der Waals surface area contributed by atoms with Crippen LogP contribution in [0.25, 0.3) is 0 Å². The first-order chi connectivity index (χ1) is 7.51. The monoisotopic (exact) mass is 226 g/mol. The summed E-state index contributed by atoms with van der Waals surface area (Å²) in [6.07, 6.45) is 1.92. The van der Waals surface area contributed by atoms with E-state index in [1.165, 1.54) is 19.3 Å². The van der Waals surface area contributed by atoms with E-state index in [0.717, 1.165) is 0 Å². The molecule has 0 spiro atoms. The highest BCUT2D eigenvalue weighted by Gasteiger charge is 2.58. The zero-order valence-electron chi connectivity index (χ0n) is 8.50. The highest BCUT2D eigenvalue weighted by molar-refractivity contribution is 6.03. The number of hydrogen-bond acceptors (Lipinski definition) is 5. The Balaban J connectivity index is 2.37. The fraction of sp³-hybridized carbons (Fsp3) is 0.500. The van der Waals surface area contributed by atoms with Crippen LogP contribution < -0.4 is 0 Å². The number of carbonyl (C=O) groups excluding carboxylic acids is 2. The maximum Gasteiger partial charge on any atom is 0.328 e. The number of carboxylic acids is 1. The summed E-state index contributed by atoms with van der Waals surface area (Å²) in [5, 5.41) is 9.05. The molecule has 3 rings (SSSR count). The highest BCUT2D eigenvalue weighted by Crippen LogP contribution is 2.43. The average Bonchev–Trinajstić information content (AvgIpc) is 2.28. The molecule has 0 aromatic rings. The molecule has 2 heterocycles. The molecular formula is C10H10O6. The minimum Gasteiger partial charge on any atom is -0.480 e. The average molecular weight is 226 g/mol. The van der Waals surface area contributed by atoms with Crippen LogP contribution in [0.2, 0.25) is 0 Å². The topological polar surface area (TPSA) is 89.9 Å². The lowest BCUT2D eigenvalue weighted by molar-refractivity contribution is -0.185. The van der Waals surface area contributed by atoms with E-state index in [4.69, 9.17) is 9.84 Å². The van der Waals surface area contributed by atoms with E-state index < -0.39 is 35.3 Å². The Hall–Kier alpha value is -1.85. The van der Waals surface area contributed by atoms with Gasteiger partial charge in [-0.25, -0.2) is 0 Å². The predicted molar refractivity (Wildman–Crippen MR) is 49.2 cm³/mol. The minimum atomic E-state index is -1.73. The molecule has 1 saturated heterocycles. The van der Waals surface area contributed by atoms with E-state index in [9.17, 15) is 14.4 Å². The van der Waals surface area contributed by atoms with Crippen molar-refractivity contribution in [2.75, 3.05) is 7.11 Å². The van der Waals surface area contributed by atoms with Gasteiger partial charge < -0.3 is 14.6 Å². The van der Waals surface area contributed by atoms with Crippen LogP contribution in [-0.4, -0.2) is 36.2 Å². The molecule has 0 amide bonds. The van der Waals surface area contributed by atoms with Crippen molar-refractivity contribution in [2.24, 2.45) is 11.3 Å². The lowest BCUT2D eigenvalue weighted by atomic mass is 9.70. The molecule has 86 valence electrons. The standard InChI is InChI=1S/C10H10O6/c1-15-7(11)5-4-10(8(12)13)3-2-6(5)16-9(10)14/h2-3,5-6H,4H2,1H3,(H,12,13)/t5-,6-,10+/m1/s1. The molecule has 0 unspecified atom stereocenters. The minimum absolute atomic E-state index is 0.102. The van der Waals surface area contributed by atoms with Gasteiger partial charge in [0.05, 0.1) is 13.0 Å². The first-order valence-corrected chi connectivity index (χ1v) is 4.73. The van der Waals surface area contributed by atoms with Crippen molar-refractivity contribution < 1.29 is 29.0 Å². The summed E-state index contributed by atoms with van der Waals surface area (Å²) in [5.41, 5.74) is -1.73. The van der Waals surface area contributed by atoms with Gasteiger partial charge in [0.15, 0.2) is 5.41 Å². The molecular weight excluding hydrogens is 216 g/mol. The molecule has 0 saturated carbocycles. The van der Waals surface area contributed by atoms with Gasteiger partial charge in [0.25, 0.3) is 0 Å². The Morgan fingerprint density at radius 3 is 2.81 bits per heavy atom. The largest absolute Gasteiger partial charge is 0.480 e. The molecule has 1 fully saturated rings. The maximum absolute atomic E-state index is 11.5. The molecule has 0 aromatic carbocycles. The Bertz CT molecular complexity index is 398. The number of carbonyl (C=O) groups is 3. The summed E-state index contributed by atoms with van der Waals surface area (Å²) in [4.78, 5) is 34.0. The van der Waals surface area contributed by atoms with Gasteiger partial charge in [-0.05, 0) is 12.5 Å². The summed E-state index contributed by atoms with van der Waals surface area (Å²) < 4.78 is 9.42. The Labute approximate surface area is 90.8 Å². The summed E-state index contributed by atoms with van der Waals surface area (Å²) in [5.74, 6) is -3.41. The van der Waals surface area contributed by atoms with Gasteiger partial charge in [-0.1, -0.05) is 6.08 Å². The van der Waals surface area contributed by atoms with Crippen LogP contribution in [0, 0.1) is 11.3 Å². The van der Waals surface area contributed by atoms with E-state index in [2.05, 4.69) is 4.74 Å². The van der Waals surface area contributed by atoms with Crippen LogP contribution >= 0.6 is 0 Å². The first-order valence-electron chi connectivity index (χ1n) is 4.73. The number of rotatable bonds is 2. The van der Waals surface area contributed by atoms with Gasteiger partial charge in [0.1, 0.15) is 6.10 Å². The first kappa shape index (κ1) is 10.7.